The van der Waals surface area contributed by atoms with Crippen LogP contribution in [0.4, 0.5) is 11.8 Å². The van der Waals surface area contributed by atoms with E-state index in [4.69, 9.17) is 28.2 Å². The lowest BCUT2D eigenvalue weighted by Crippen LogP contribution is -2.58. The van der Waals surface area contributed by atoms with Crippen LogP contribution in [0.5, 0.6) is 0 Å². The number of benzene rings is 1. The fourth-order valence-corrected chi connectivity index (χ4v) is 6.74. The molecule has 3 heterocycles. The molecular formula is C28H35Cl2N5O3. The van der Waals surface area contributed by atoms with Gasteiger partial charge in [0.05, 0.1) is 17.0 Å². The zero-order valence-corrected chi connectivity index (χ0v) is 23.6. The molecule has 0 radical (unpaired) electrons. The Bertz CT molecular complexity index is 1230. The molecule has 0 amide bonds. The number of likely N-dealkylation sites (tertiary alicyclic amines) is 1. The molecule has 5 rings (SSSR count). The summed E-state index contributed by atoms with van der Waals surface area (Å²) in [6, 6.07) is 5.57. The van der Waals surface area contributed by atoms with Gasteiger partial charge in [-0.15, -0.1) is 0 Å². The Balaban J connectivity index is 1.22. The summed E-state index contributed by atoms with van der Waals surface area (Å²) in [7, 11) is 0. The Labute approximate surface area is 233 Å². The molecule has 2 aromatic rings. The van der Waals surface area contributed by atoms with Crippen molar-refractivity contribution >= 4 is 46.7 Å². The van der Waals surface area contributed by atoms with Crippen molar-refractivity contribution < 1.29 is 14.7 Å². The third-order valence-electron chi connectivity index (χ3n) is 8.69. The van der Waals surface area contributed by atoms with Crippen molar-refractivity contribution in [3.05, 3.63) is 45.6 Å². The Kier molecular flexibility index (Phi) is 7.59. The molecule has 0 bridgehead atoms. The Morgan fingerprint density at radius 1 is 1.18 bits per heavy atom. The highest BCUT2D eigenvalue weighted by Gasteiger charge is 2.49. The maximum absolute atomic E-state index is 12.3. The average Bonchev–Trinajstić information content (AvgIpc) is 2.81. The molecule has 1 unspecified atom stereocenters. The van der Waals surface area contributed by atoms with Crippen LogP contribution in [0.2, 0.25) is 10.0 Å². The maximum Gasteiger partial charge on any atom is 0.309 e. The minimum absolute atomic E-state index is 0.104. The SMILES string of the molecule is CC(=O)c1cnc(N2CC([C@H]3CCCN(C4CC(C)(C(=O)O)C4)C3)C2)nc1NC(C)c1ccc(Cl)cc1Cl. The first-order chi connectivity index (χ1) is 18.0. The number of Topliss-reactive ketones (excluding diaryl/α,β-unsaturated/α-hetero) is 1. The van der Waals surface area contributed by atoms with Crippen LogP contribution in [-0.4, -0.2) is 63.9 Å². The molecule has 3 aliphatic rings. The number of carboxylic acids is 1. The number of rotatable bonds is 8. The summed E-state index contributed by atoms with van der Waals surface area (Å²) < 4.78 is 0. The second kappa shape index (κ2) is 10.6. The van der Waals surface area contributed by atoms with Gasteiger partial charge >= 0.3 is 5.97 Å². The van der Waals surface area contributed by atoms with Crippen molar-refractivity contribution in [3.63, 3.8) is 0 Å². The zero-order valence-electron chi connectivity index (χ0n) is 22.1. The van der Waals surface area contributed by atoms with Gasteiger partial charge in [0, 0.05) is 41.9 Å². The van der Waals surface area contributed by atoms with Crippen molar-refractivity contribution in [2.75, 3.05) is 36.4 Å². The third-order valence-corrected chi connectivity index (χ3v) is 9.25. The Morgan fingerprint density at radius 2 is 1.92 bits per heavy atom. The molecule has 2 saturated heterocycles. The van der Waals surface area contributed by atoms with E-state index in [2.05, 4.69) is 20.1 Å². The van der Waals surface area contributed by atoms with Gasteiger partial charge in [-0.2, -0.15) is 4.98 Å². The summed E-state index contributed by atoms with van der Waals surface area (Å²) in [4.78, 5) is 37.8. The molecule has 1 aliphatic carbocycles. The summed E-state index contributed by atoms with van der Waals surface area (Å²) >= 11 is 12.5. The van der Waals surface area contributed by atoms with Crippen LogP contribution in [0.3, 0.4) is 0 Å². The minimum atomic E-state index is -0.674. The molecule has 1 saturated carbocycles. The van der Waals surface area contributed by atoms with Crippen LogP contribution in [0.25, 0.3) is 0 Å². The van der Waals surface area contributed by atoms with E-state index >= 15 is 0 Å². The lowest BCUT2D eigenvalue weighted by Gasteiger charge is -2.52. The number of carbonyl (C=O) groups is 2. The van der Waals surface area contributed by atoms with Crippen LogP contribution in [0.15, 0.2) is 24.4 Å². The maximum atomic E-state index is 12.3. The number of piperidine rings is 1. The lowest BCUT2D eigenvalue weighted by molar-refractivity contribution is -0.158. The van der Waals surface area contributed by atoms with E-state index in [1.807, 2.05) is 19.9 Å². The van der Waals surface area contributed by atoms with Gasteiger partial charge in [0.2, 0.25) is 5.95 Å². The predicted octanol–water partition coefficient (Wildman–Crippen LogP) is 5.56. The standard InChI is InChI=1S/C28H35Cl2N5O3/c1-16(22-7-6-20(29)9-24(22)30)32-25-23(17(2)36)12-31-27(33-25)35-14-19(15-35)18-5-4-8-34(13-18)21-10-28(3,11-21)26(37)38/h6-7,9,12,16,18-19,21H,4-5,8,10-11,13-15H2,1-3H3,(H,37,38)(H,31,32,33)/t16?,18-,21?,28?/m0/s1. The second-order valence-electron chi connectivity index (χ2n) is 11.5. The van der Waals surface area contributed by atoms with Crippen LogP contribution in [-0.2, 0) is 4.79 Å². The number of nitrogens with one attached hydrogen (secondary N) is 1. The number of aliphatic carboxylic acids is 1. The first kappa shape index (κ1) is 27.2. The van der Waals surface area contributed by atoms with Gasteiger partial charge in [0.15, 0.2) is 5.78 Å². The average molecular weight is 561 g/mol. The van der Waals surface area contributed by atoms with Crippen molar-refractivity contribution in [3.8, 4) is 0 Å². The number of carboxylic acid groups (broad SMARTS) is 1. The van der Waals surface area contributed by atoms with Gasteiger partial charge in [-0.1, -0.05) is 29.3 Å². The number of hydrogen-bond acceptors (Lipinski definition) is 7. The summed E-state index contributed by atoms with van der Waals surface area (Å²) in [5.74, 6) is 1.49. The monoisotopic (exact) mass is 559 g/mol. The van der Waals surface area contributed by atoms with E-state index in [-0.39, 0.29) is 11.8 Å². The van der Waals surface area contributed by atoms with Gasteiger partial charge in [0.25, 0.3) is 0 Å². The van der Waals surface area contributed by atoms with Crippen molar-refractivity contribution in [1.29, 1.82) is 0 Å². The predicted molar refractivity (Wildman–Crippen MR) is 149 cm³/mol. The molecule has 2 N–H and O–H groups in total. The molecule has 2 aliphatic heterocycles. The topological polar surface area (TPSA) is 98.7 Å². The van der Waals surface area contributed by atoms with Gasteiger partial charge < -0.3 is 20.2 Å². The normalized spacial score (nSPS) is 26.8. The quantitative estimate of drug-likeness (QED) is 0.405. The second-order valence-corrected chi connectivity index (χ2v) is 12.4. The highest BCUT2D eigenvalue weighted by molar-refractivity contribution is 6.35. The van der Waals surface area contributed by atoms with Gasteiger partial charge in [-0.3, -0.25) is 9.59 Å². The molecule has 0 spiro atoms. The molecule has 10 heteroatoms. The summed E-state index contributed by atoms with van der Waals surface area (Å²) in [5, 5.41) is 13.9. The fourth-order valence-electron chi connectivity index (χ4n) is 6.17. The number of halogens is 2. The van der Waals surface area contributed by atoms with Crippen molar-refractivity contribution in [2.45, 2.75) is 58.5 Å². The van der Waals surface area contributed by atoms with E-state index in [0.29, 0.717) is 45.3 Å². The molecule has 2 atom stereocenters. The third kappa shape index (κ3) is 5.36. The summed E-state index contributed by atoms with van der Waals surface area (Å²) in [5.41, 5.74) is 0.752. The number of ketones is 1. The summed E-state index contributed by atoms with van der Waals surface area (Å²) in [6.45, 7) is 9.21. The van der Waals surface area contributed by atoms with E-state index in [0.717, 1.165) is 51.0 Å². The van der Waals surface area contributed by atoms with Gasteiger partial charge in [-0.25, -0.2) is 4.98 Å². The Morgan fingerprint density at radius 3 is 2.58 bits per heavy atom. The van der Waals surface area contributed by atoms with E-state index in [1.54, 1.807) is 18.3 Å². The highest BCUT2D eigenvalue weighted by atomic mass is 35.5. The van der Waals surface area contributed by atoms with Crippen molar-refractivity contribution in [2.24, 2.45) is 17.3 Å². The van der Waals surface area contributed by atoms with Crippen LogP contribution >= 0.6 is 23.2 Å². The number of hydrogen-bond donors (Lipinski definition) is 2. The van der Waals surface area contributed by atoms with Crippen LogP contribution < -0.4 is 10.2 Å². The van der Waals surface area contributed by atoms with E-state index in [9.17, 15) is 14.7 Å². The van der Waals surface area contributed by atoms with Crippen LogP contribution in [0.1, 0.15) is 68.4 Å². The van der Waals surface area contributed by atoms with Crippen molar-refractivity contribution in [1.82, 2.24) is 14.9 Å². The molecular weight excluding hydrogens is 525 g/mol. The molecule has 38 heavy (non-hydrogen) atoms. The zero-order chi connectivity index (χ0) is 27.2. The van der Waals surface area contributed by atoms with E-state index < -0.39 is 11.4 Å². The molecule has 8 nitrogen and oxygen atoms in total. The van der Waals surface area contributed by atoms with E-state index in [1.165, 1.54) is 13.3 Å². The Hall–Kier alpha value is -2.42. The lowest BCUT2D eigenvalue weighted by atomic mass is 9.65. The van der Waals surface area contributed by atoms with Crippen LogP contribution in [0, 0.1) is 17.3 Å². The number of carbonyl (C=O) groups excluding carboxylic acids is 1. The number of anilines is 2. The minimum Gasteiger partial charge on any atom is -0.481 e. The fraction of sp³-hybridized carbons (Fsp3) is 0.571. The largest absolute Gasteiger partial charge is 0.481 e. The first-order valence-electron chi connectivity index (χ1n) is 13.4. The number of aromatic nitrogens is 2. The first-order valence-corrected chi connectivity index (χ1v) is 14.1. The van der Waals surface area contributed by atoms with Gasteiger partial charge in [0.1, 0.15) is 5.82 Å². The molecule has 3 fully saturated rings. The smallest absolute Gasteiger partial charge is 0.309 e. The molecule has 1 aromatic heterocycles. The van der Waals surface area contributed by atoms with Gasteiger partial charge in [-0.05, 0) is 82.5 Å². The summed E-state index contributed by atoms with van der Waals surface area (Å²) in [6.07, 6.45) is 5.46. The number of nitrogens with zero attached hydrogens (tertiary/aromatic N) is 4. The highest BCUT2D eigenvalue weighted by Crippen LogP contribution is 2.45. The molecule has 1 aromatic carbocycles. The molecule has 204 valence electrons.